The molecule has 0 saturated heterocycles. The number of rotatable bonds is 5. The topological polar surface area (TPSA) is 30.5 Å². The Morgan fingerprint density at radius 2 is 2.33 bits per heavy atom. The van der Waals surface area contributed by atoms with Gasteiger partial charge in [-0.25, -0.2) is 0 Å². The summed E-state index contributed by atoms with van der Waals surface area (Å²) in [7, 11) is 0. The number of hydrogen-bond donors (Lipinski definition) is 1. The summed E-state index contributed by atoms with van der Waals surface area (Å²) in [6.45, 7) is 5.57. The van der Waals surface area contributed by atoms with E-state index < -0.39 is 0 Å². The summed E-state index contributed by atoms with van der Waals surface area (Å²) >= 11 is 0. The van der Waals surface area contributed by atoms with Crippen molar-refractivity contribution in [2.24, 2.45) is 0 Å². The van der Waals surface area contributed by atoms with E-state index in [0.29, 0.717) is 6.61 Å². The molecule has 0 aromatic heterocycles. The van der Waals surface area contributed by atoms with E-state index in [0.717, 1.165) is 30.8 Å². The summed E-state index contributed by atoms with van der Waals surface area (Å²) in [5.41, 5.74) is 2.25. The molecular formula is C15H21NO2. The second-order valence-corrected chi connectivity index (χ2v) is 4.52. The Bertz CT molecular complexity index is 415. The fourth-order valence-corrected chi connectivity index (χ4v) is 2.01. The second-order valence-electron chi connectivity index (χ2n) is 4.52. The molecule has 1 aliphatic heterocycles. The Morgan fingerprint density at radius 1 is 1.44 bits per heavy atom. The first-order valence-electron chi connectivity index (χ1n) is 6.57. The Hall–Kier alpha value is -1.64. The Labute approximate surface area is 109 Å². The molecule has 1 aliphatic rings. The lowest BCUT2D eigenvalue weighted by Gasteiger charge is -2.21. The van der Waals surface area contributed by atoms with Gasteiger partial charge in [-0.1, -0.05) is 6.07 Å². The van der Waals surface area contributed by atoms with E-state index >= 15 is 0 Å². The van der Waals surface area contributed by atoms with Crippen molar-refractivity contribution in [2.45, 2.75) is 32.8 Å². The van der Waals surface area contributed by atoms with Crippen molar-refractivity contribution in [3.63, 3.8) is 0 Å². The van der Waals surface area contributed by atoms with Crippen molar-refractivity contribution in [1.29, 1.82) is 0 Å². The third-order valence-electron chi connectivity index (χ3n) is 2.98. The van der Waals surface area contributed by atoms with Crippen molar-refractivity contribution in [3.05, 3.63) is 36.1 Å². The van der Waals surface area contributed by atoms with Gasteiger partial charge in [0.25, 0.3) is 0 Å². The maximum atomic E-state index is 5.64. The molecule has 0 radical (unpaired) electrons. The van der Waals surface area contributed by atoms with Crippen LogP contribution in [0.1, 0.15) is 25.3 Å². The van der Waals surface area contributed by atoms with Crippen molar-refractivity contribution in [2.75, 3.05) is 18.5 Å². The highest BCUT2D eigenvalue weighted by Crippen LogP contribution is 2.26. The molecule has 1 aromatic carbocycles. The first kappa shape index (κ1) is 12.8. The quantitative estimate of drug-likeness (QED) is 0.863. The van der Waals surface area contributed by atoms with Crippen LogP contribution in [-0.4, -0.2) is 19.3 Å². The van der Waals surface area contributed by atoms with Crippen molar-refractivity contribution >= 4 is 5.69 Å². The average Bonchev–Trinajstić information content (AvgIpc) is 2.39. The van der Waals surface area contributed by atoms with E-state index in [-0.39, 0.29) is 6.10 Å². The SMILES string of the molecule is CCOc1cc(C)ccc1NCC1CCC=CO1. The minimum absolute atomic E-state index is 0.255. The fraction of sp³-hybridized carbons (Fsp3) is 0.467. The number of hydrogen-bond acceptors (Lipinski definition) is 3. The van der Waals surface area contributed by atoms with Crippen molar-refractivity contribution in [3.8, 4) is 5.75 Å². The van der Waals surface area contributed by atoms with Gasteiger partial charge in [0.05, 0.1) is 25.1 Å². The van der Waals surface area contributed by atoms with Crippen molar-refractivity contribution < 1.29 is 9.47 Å². The number of anilines is 1. The highest BCUT2D eigenvalue weighted by Gasteiger charge is 2.11. The third kappa shape index (κ3) is 3.42. The Kier molecular flexibility index (Phi) is 4.51. The highest BCUT2D eigenvalue weighted by molar-refractivity contribution is 5.57. The lowest BCUT2D eigenvalue weighted by Crippen LogP contribution is -2.23. The summed E-state index contributed by atoms with van der Waals surface area (Å²) in [5, 5.41) is 3.41. The van der Waals surface area contributed by atoms with Crippen LogP contribution < -0.4 is 10.1 Å². The van der Waals surface area contributed by atoms with Gasteiger partial charge in [-0.3, -0.25) is 0 Å². The molecule has 0 aliphatic carbocycles. The molecule has 0 amide bonds. The van der Waals surface area contributed by atoms with Gasteiger partial charge < -0.3 is 14.8 Å². The molecule has 1 atom stereocenters. The van der Waals surface area contributed by atoms with Crippen LogP contribution in [0, 0.1) is 6.92 Å². The summed E-state index contributed by atoms with van der Waals surface area (Å²) < 4.78 is 11.2. The van der Waals surface area contributed by atoms with Gasteiger partial charge in [0.2, 0.25) is 0 Å². The third-order valence-corrected chi connectivity index (χ3v) is 2.98. The highest BCUT2D eigenvalue weighted by atomic mass is 16.5. The first-order valence-corrected chi connectivity index (χ1v) is 6.57. The normalized spacial score (nSPS) is 18.2. The summed E-state index contributed by atoms with van der Waals surface area (Å²) in [6.07, 6.45) is 6.28. The molecule has 18 heavy (non-hydrogen) atoms. The van der Waals surface area contributed by atoms with Crippen LogP contribution in [0.15, 0.2) is 30.5 Å². The van der Waals surface area contributed by atoms with E-state index in [1.54, 1.807) is 6.26 Å². The minimum Gasteiger partial charge on any atom is -0.497 e. The van der Waals surface area contributed by atoms with Crippen LogP contribution in [0.3, 0.4) is 0 Å². The zero-order valence-corrected chi connectivity index (χ0v) is 11.1. The lowest BCUT2D eigenvalue weighted by atomic mass is 10.1. The number of ether oxygens (including phenoxy) is 2. The molecule has 1 heterocycles. The molecule has 3 heteroatoms. The first-order chi connectivity index (χ1) is 8.79. The molecule has 0 fully saturated rings. The van der Waals surface area contributed by atoms with Crippen LogP contribution in [-0.2, 0) is 4.74 Å². The van der Waals surface area contributed by atoms with E-state index in [9.17, 15) is 0 Å². The smallest absolute Gasteiger partial charge is 0.142 e. The summed E-state index contributed by atoms with van der Waals surface area (Å²) in [5.74, 6) is 0.920. The van der Waals surface area contributed by atoms with Gasteiger partial charge in [0, 0.05) is 0 Å². The molecule has 98 valence electrons. The minimum atomic E-state index is 0.255. The predicted molar refractivity (Wildman–Crippen MR) is 74.1 cm³/mol. The van der Waals surface area contributed by atoms with Crippen LogP contribution in [0.25, 0.3) is 0 Å². The maximum absolute atomic E-state index is 5.64. The second kappa shape index (κ2) is 6.34. The van der Waals surface area contributed by atoms with Gasteiger partial charge in [0.1, 0.15) is 11.9 Å². The van der Waals surface area contributed by atoms with Crippen LogP contribution in [0.2, 0.25) is 0 Å². The van der Waals surface area contributed by atoms with Gasteiger partial charge in [-0.2, -0.15) is 0 Å². The predicted octanol–water partition coefficient (Wildman–Crippen LogP) is 3.50. The van der Waals surface area contributed by atoms with Gasteiger partial charge >= 0.3 is 0 Å². The maximum Gasteiger partial charge on any atom is 0.142 e. The van der Waals surface area contributed by atoms with E-state index in [2.05, 4.69) is 36.5 Å². The molecule has 0 saturated carbocycles. The van der Waals surface area contributed by atoms with E-state index in [4.69, 9.17) is 9.47 Å². The molecular weight excluding hydrogens is 226 g/mol. The van der Waals surface area contributed by atoms with Crippen LogP contribution in [0.4, 0.5) is 5.69 Å². The lowest BCUT2D eigenvalue weighted by molar-refractivity contribution is 0.135. The number of allylic oxidation sites excluding steroid dienone is 1. The van der Waals surface area contributed by atoms with E-state index in [1.165, 1.54) is 5.56 Å². The summed E-state index contributed by atoms with van der Waals surface area (Å²) in [6, 6.07) is 6.22. The van der Waals surface area contributed by atoms with E-state index in [1.807, 2.05) is 6.92 Å². The standard InChI is InChI=1S/C15H21NO2/c1-3-17-15-10-12(2)7-8-14(15)16-11-13-6-4-5-9-18-13/h5,7-10,13,16H,3-4,6,11H2,1-2H3. The van der Waals surface area contributed by atoms with Gasteiger partial charge in [0.15, 0.2) is 0 Å². The van der Waals surface area contributed by atoms with Crippen LogP contribution in [0.5, 0.6) is 5.75 Å². The van der Waals surface area contributed by atoms with Crippen LogP contribution >= 0.6 is 0 Å². The molecule has 0 bridgehead atoms. The molecule has 2 rings (SSSR count). The molecule has 0 spiro atoms. The Morgan fingerprint density at radius 3 is 3.06 bits per heavy atom. The molecule has 3 nitrogen and oxygen atoms in total. The van der Waals surface area contributed by atoms with Gasteiger partial charge in [-0.05, 0) is 50.5 Å². The molecule has 1 N–H and O–H groups in total. The number of aryl methyl sites for hydroxylation is 1. The summed E-state index contributed by atoms with van der Waals surface area (Å²) in [4.78, 5) is 0. The number of benzene rings is 1. The molecule has 1 unspecified atom stereocenters. The van der Waals surface area contributed by atoms with Gasteiger partial charge in [-0.15, -0.1) is 0 Å². The zero-order valence-electron chi connectivity index (χ0n) is 11.1. The Balaban J connectivity index is 1.97. The largest absolute Gasteiger partial charge is 0.497 e. The monoisotopic (exact) mass is 247 g/mol. The number of nitrogens with one attached hydrogen (secondary N) is 1. The fourth-order valence-electron chi connectivity index (χ4n) is 2.01. The van der Waals surface area contributed by atoms with Crippen molar-refractivity contribution in [1.82, 2.24) is 0 Å². The molecule has 1 aromatic rings. The average molecular weight is 247 g/mol. The zero-order chi connectivity index (χ0) is 12.8.